The third-order valence-corrected chi connectivity index (χ3v) is 4.67. The SMILES string of the molecule is CN(C)CCCNC(=O)c1cc2cccnc2n(Cc2ccc(Cl)cc2)c1=O. The van der Waals surface area contributed by atoms with Crippen molar-refractivity contribution in [3.63, 3.8) is 0 Å². The van der Waals surface area contributed by atoms with Crippen LogP contribution in [0.2, 0.25) is 5.02 Å². The van der Waals surface area contributed by atoms with E-state index >= 15 is 0 Å². The first-order valence-electron chi connectivity index (χ1n) is 9.11. The van der Waals surface area contributed by atoms with Crippen LogP contribution in [0.15, 0.2) is 53.5 Å². The number of benzene rings is 1. The van der Waals surface area contributed by atoms with Gasteiger partial charge in [-0.1, -0.05) is 23.7 Å². The predicted octanol–water partition coefficient (Wildman–Crippen LogP) is 2.78. The Hall–Kier alpha value is -2.70. The van der Waals surface area contributed by atoms with Crippen LogP contribution in [0.1, 0.15) is 22.3 Å². The number of carbonyl (C=O) groups excluding carboxylic acids is 1. The van der Waals surface area contributed by atoms with Crippen molar-refractivity contribution in [3.8, 4) is 0 Å². The van der Waals surface area contributed by atoms with Gasteiger partial charge in [-0.25, -0.2) is 4.98 Å². The van der Waals surface area contributed by atoms with E-state index in [0.717, 1.165) is 23.9 Å². The Morgan fingerprint density at radius 2 is 1.96 bits per heavy atom. The lowest BCUT2D eigenvalue weighted by Gasteiger charge is -2.13. The zero-order chi connectivity index (χ0) is 20.1. The molecular weight excluding hydrogens is 376 g/mol. The summed E-state index contributed by atoms with van der Waals surface area (Å²) in [6.45, 7) is 1.69. The van der Waals surface area contributed by atoms with Crippen LogP contribution in [0.25, 0.3) is 11.0 Å². The van der Waals surface area contributed by atoms with Gasteiger partial charge in [0.2, 0.25) is 0 Å². The third-order valence-electron chi connectivity index (χ3n) is 4.41. The molecule has 0 fully saturated rings. The second kappa shape index (κ2) is 8.99. The molecule has 0 saturated carbocycles. The number of amides is 1. The summed E-state index contributed by atoms with van der Waals surface area (Å²) < 4.78 is 1.54. The summed E-state index contributed by atoms with van der Waals surface area (Å²) in [6, 6.07) is 12.5. The Bertz CT molecular complexity index is 1030. The van der Waals surface area contributed by atoms with E-state index in [0.29, 0.717) is 23.8 Å². The van der Waals surface area contributed by atoms with Crippen LogP contribution in [0.4, 0.5) is 0 Å². The van der Waals surface area contributed by atoms with Crippen LogP contribution in [-0.4, -0.2) is 47.5 Å². The maximum Gasteiger partial charge on any atom is 0.265 e. The molecule has 6 nitrogen and oxygen atoms in total. The molecule has 0 bridgehead atoms. The number of aromatic nitrogens is 2. The van der Waals surface area contributed by atoms with E-state index in [1.54, 1.807) is 30.5 Å². The summed E-state index contributed by atoms with van der Waals surface area (Å²) in [4.78, 5) is 32.1. The summed E-state index contributed by atoms with van der Waals surface area (Å²) >= 11 is 5.95. The third kappa shape index (κ3) is 4.77. The second-order valence-electron chi connectivity index (χ2n) is 6.90. The van der Waals surface area contributed by atoms with Crippen molar-refractivity contribution in [2.75, 3.05) is 27.2 Å². The molecule has 146 valence electrons. The Morgan fingerprint density at radius 1 is 1.21 bits per heavy atom. The van der Waals surface area contributed by atoms with Gasteiger partial charge in [0.05, 0.1) is 6.54 Å². The van der Waals surface area contributed by atoms with E-state index in [4.69, 9.17) is 11.6 Å². The highest BCUT2D eigenvalue weighted by Crippen LogP contribution is 2.15. The van der Waals surface area contributed by atoms with Crippen molar-refractivity contribution < 1.29 is 4.79 Å². The number of hydrogen-bond acceptors (Lipinski definition) is 4. The van der Waals surface area contributed by atoms with Gasteiger partial charge in [0.25, 0.3) is 11.5 Å². The smallest absolute Gasteiger partial charge is 0.265 e. The van der Waals surface area contributed by atoms with Gasteiger partial charge in [-0.05, 0) is 63.0 Å². The lowest BCUT2D eigenvalue weighted by Crippen LogP contribution is -2.34. The number of pyridine rings is 2. The number of halogens is 1. The lowest BCUT2D eigenvalue weighted by molar-refractivity contribution is 0.0950. The van der Waals surface area contributed by atoms with Crippen molar-refractivity contribution in [2.24, 2.45) is 0 Å². The maximum atomic E-state index is 13.1. The minimum absolute atomic E-state index is 0.124. The van der Waals surface area contributed by atoms with E-state index < -0.39 is 0 Å². The molecule has 1 N–H and O–H groups in total. The van der Waals surface area contributed by atoms with Gasteiger partial charge in [0, 0.05) is 23.2 Å². The number of nitrogens with zero attached hydrogens (tertiary/aromatic N) is 3. The molecule has 0 atom stereocenters. The average Bonchev–Trinajstić information content (AvgIpc) is 2.68. The van der Waals surface area contributed by atoms with Crippen molar-refractivity contribution in [3.05, 3.63) is 75.2 Å². The average molecular weight is 399 g/mol. The molecule has 3 aromatic rings. The highest BCUT2D eigenvalue weighted by molar-refractivity contribution is 6.30. The van der Waals surface area contributed by atoms with Crippen molar-refractivity contribution >= 4 is 28.5 Å². The standard InChI is InChI=1S/C21H23ClN4O2/c1-25(2)12-4-11-24-20(27)18-13-16-5-3-10-23-19(16)26(21(18)28)14-15-6-8-17(22)9-7-15/h3,5-10,13H,4,11-12,14H2,1-2H3,(H,24,27). The van der Waals surface area contributed by atoms with Crippen molar-refractivity contribution in [1.29, 1.82) is 0 Å². The number of fused-ring (bicyclic) bond motifs is 1. The van der Waals surface area contributed by atoms with E-state index in [2.05, 4.69) is 10.3 Å². The van der Waals surface area contributed by atoms with Crippen LogP contribution < -0.4 is 10.9 Å². The van der Waals surface area contributed by atoms with Crippen molar-refractivity contribution in [1.82, 2.24) is 19.8 Å². The minimum atomic E-state index is -0.362. The van der Waals surface area contributed by atoms with Gasteiger partial charge in [-0.2, -0.15) is 0 Å². The largest absolute Gasteiger partial charge is 0.352 e. The molecule has 0 spiro atoms. The van der Waals surface area contributed by atoms with Crippen LogP contribution in [0, 0.1) is 0 Å². The van der Waals surface area contributed by atoms with E-state index in [9.17, 15) is 9.59 Å². The monoisotopic (exact) mass is 398 g/mol. The lowest BCUT2D eigenvalue weighted by atomic mass is 10.1. The second-order valence-corrected chi connectivity index (χ2v) is 7.34. The molecule has 3 rings (SSSR count). The van der Waals surface area contributed by atoms with Gasteiger partial charge in [0.1, 0.15) is 11.2 Å². The number of hydrogen-bond donors (Lipinski definition) is 1. The van der Waals surface area contributed by atoms with Gasteiger partial charge < -0.3 is 10.2 Å². The molecule has 0 aliphatic rings. The Balaban J connectivity index is 1.93. The maximum absolute atomic E-state index is 13.1. The van der Waals surface area contributed by atoms with Crippen LogP contribution in [-0.2, 0) is 6.54 Å². The molecule has 0 aliphatic heterocycles. The molecule has 2 aromatic heterocycles. The van der Waals surface area contributed by atoms with Crippen LogP contribution in [0.3, 0.4) is 0 Å². The van der Waals surface area contributed by atoms with Gasteiger partial charge in [0.15, 0.2) is 0 Å². The first-order valence-corrected chi connectivity index (χ1v) is 9.49. The number of carbonyl (C=O) groups is 1. The van der Waals surface area contributed by atoms with Crippen LogP contribution in [0.5, 0.6) is 0 Å². The topological polar surface area (TPSA) is 67.2 Å². The summed E-state index contributed by atoms with van der Waals surface area (Å²) in [5, 5.41) is 4.22. The van der Waals surface area contributed by atoms with Crippen LogP contribution >= 0.6 is 11.6 Å². The molecule has 0 radical (unpaired) electrons. The Morgan fingerprint density at radius 3 is 2.68 bits per heavy atom. The molecule has 0 unspecified atom stereocenters. The van der Waals surface area contributed by atoms with Gasteiger partial charge in [-0.3, -0.25) is 14.2 Å². The zero-order valence-electron chi connectivity index (χ0n) is 16.0. The molecule has 28 heavy (non-hydrogen) atoms. The zero-order valence-corrected chi connectivity index (χ0v) is 16.7. The summed E-state index contributed by atoms with van der Waals surface area (Å²) in [5.41, 5.74) is 1.22. The Labute approximate surface area is 168 Å². The highest BCUT2D eigenvalue weighted by Gasteiger charge is 2.16. The number of nitrogens with one attached hydrogen (secondary N) is 1. The molecule has 7 heteroatoms. The fraction of sp³-hybridized carbons (Fsp3) is 0.286. The first-order chi connectivity index (χ1) is 13.5. The first kappa shape index (κ1) is 20.0. The summed E-state index contributed by atoms with van der Waals surface area (Å²) in [7, 11) is 3.96. The van der Waals surface area contributed by atoms with Crippen molar-refractivity contribution in [2.45, 2.75) is 13.0 Å². The minimum Gasteiger partial charge on any atom is -0.352 e. The molecule has 1 amide bonds. The molecular formula is C21H23ClN4O2. The fourth-order valence-electron chi connectivity index (χ4n) is 2.98. The summed E-state index contributed by atoms with van der Waals surface area (Å²) in [6.07, 6.45) is 2.45. The fourth-order valence-corrected chi connectivity index (χ4v) is 3.11. The van der Waals surface area contributed by atoms with Gasteiger partial charge >= 0.3 is 0 Å². The number of rotatable bonds is 7. The van der Waals surface area contributed by atoms with E-state index in [1.807, 2.05) is 37.2 Å². The molecule has 0 aliphatic carbocycles. The molecule has 1 aromatic carbocycles. The molecule has 2 heterocycles. The summed E-state index contributed by atoms with van der Waals surface area (Å²) in [5.74, 6) is -0.362. The normalized spacial score (nSPS) is 11.1. The quantitative estimate of drug-likeness (QED) is 0.621. The Kier molecular flexibility index (Phi) is 6.44. The van der Waals surface area contributed by atoms with Gasteiger partial charge in [-0.15, -0.1) is 0 Å². The molecule has 0 saturated heterocycles. The highest BCUT2D eigenvalue weighted by atomic mass is 35.5. The predicted molar refractivity (Wildman–Crippen MR) is 112 cm³/mol. The van der Waals surface area contributed by atoms with E-state index in [-0.39, 0.29) is 17.0 Å². The van der Waals surface area contributed by atoms with E-state index in [1.165, 1.54) is 4.57 Å².